The Morgan fingerprint density at radius 3 is 2.88 bits per heavy atom. The molecule has 2 aromatic carbocycles. The van der Waals surface area contributed by atoms with Gasteiger partial charge >= 0.3 is 0 Å². The van der Waals surface area contributed by atoms with Crippen LogP contribution in [0, 0.1) is 5.82 Å². The molecule has 0 aliphatic carbocycles. The van der Waals surface area contributed by atoms with Gasteiger partial charge in [0.2, 0.25) is 0 Å². The number of hydrogen-bond acceptors (Lipinski definition) is 5. The second-order valence-corrected chi connectivity index (χ2v) is 7.00. The van der Waals surface area contributed by atoms with Crippen LogP contribution < -0.4 is 5.73 Å². The number of ether oxygens (including phenoxy) is 1. The maximum absolute atomic E-state index is 14.0. The van der Waals surface area contributed by atoms with Crippen molar-refractivity contribution >= 4 is 26.7 Å². The van der Waals surface area contributed by atoms with Gasteiger partial charge in [-0.1, -0.05) is 29.5 Å². The summed E-state index contributed by atoms with van der Waals surface area (Å²) in [6.45, 7) is 4.31. The highest BCUT2D eigenvalue weighted by atomic mass is 32.1. The summed E-state index contributed by atoms with van der Waals surface area (Å²) in [6, 6.07) is 11.2. The summed E-state index contributed by atoms with van der Waals surface area (Å²) >= 11 is 1.31. The van der Waals surface area contributed by atoms with E-state index in [4.69, 9.17) is 10.5 Å². The number of morpholine rings is 1. The Morgan fingerprint density at radius 2 is 2.04 bits per heavy atom. The standard InChI is InChI=1S/C18H18FN3OS/c19-14-9-15(17-16(10-14)24-18(20)21-17)13-3-1-2-12(8-13)11-22-4-6-23-7-5-22/h1-3,8-10H,4-7,11H2,(H2,20,21). The van der Waals surface area contributed by atoms with Gasteiger partial charge in [0, 0.05) is 25.2 Å². The Kier molecular flexibility index (Phi) is 4.18. The van der Waals surface area contributed by atoms with Crippen LogP contribution in [0.4, 0.5) is 9.52 Å². The Hall–Kier alpha value is -2.02. The van der Waals surface area contributed by atoms with Crippen LogP contribution in [0.3, 0.4) is 0 Å². The Labute approximate surface area is 143 Å². The molecule has 124 valence electrons. The van der Waals surface area contributed by atoms with E-state index in [2.05, 4.69) is 22.0 Å². The molecule has 4 rings (SSSR count). The number of hydrogen-bond donors (Lipinski definition) is 1. The highest BCUT2D eigenvalue weighted by Crippen LogP contribution is 2.34. The maximum Gasteiger partial charge on any atom is 0.181 e. The fourth-order valence-corrected chi connectivity index (χ4v) is 3.87. The molecule has 0 spiro atoms. The molecular weight excluding hydrogens is 325 g/mol. The number of rotatable bonds is 3. The molecule has 0 atom stereocenters. The first kappa shape index (κ1) is 15.5. The van der Waals surface area contributed by atoms with E-state index in [1.165, 1.54) is 29.0 Å². The lowest BCUT2D eigenvalue weighted by Crippen LogP contribution is -2.35. The van der Waals surface area contributed by atoms with Crippen LogP contribution in [0.2, 0.25) is 0 Å². The predicted molar refractivity (Wildman–Crippen MR) is 95.5 cm³/mol. The van der Waals surface area contributed by atoms with Crippen LogP contribution in [0.25, 0.3) is 21.3 Å². The zero-order valence-corrected chi connectivity index (χ0v) is 14.0. The van der Waals surface area contributed by atoms with Crippen molar-refractivity contribution in [3.05, 3.63) is 47.8 Å². The van der Waals surface area contributed by atoms with Gasteiger partial charge in [-0.2, -0.15) is 0 Å². The van der Waals surface area contributed by atoms with Crippen LogP contribution in [0.15, 0.2) is 36.4 Å². The molecule has 0 saturated carbocycles. The van der Waals surface area contributed by atoms with Gasteiger partial charge in [0.25, 0.3) is 0 Å². The van der Waals surface area contributed by atoms with E-state index in [1.807, 2.05) is 12.1 Å². The molecule has 2 heterocycles. The molecule has 0 unspecified atom stereocenters. The summed E-state index contributed by atoms with van der Waals surface area (Å²) in [5, 5.41) is 0.460. The van der Waals surface area contributed by atoms with Gasteiger partial charge in [0.1, 0.15) is 5.82 Å². The van der Waals surface area contributed by atoms with E-state index in [0.29, 0.717) is 5.13 Å². The third kappa shape index (κ3) is 3.13. The molecule has 4 nitrogen and oxygen atoms in total. The largest absolute Gasteiger partial charge is 0.379 e. The van der Waals surface area contributed by atoms with E-state index in [1.54, 1.807) is 0 Å². The van der Waals surface area contributed by atoms with E-state index >= 15 is 0 Å². The van der Waals surface area contributed by atoms with Gasteiger partial charge in [0.15, 0.2) is 5.13 Å². The van der Waals surface area contributed by atoms with Gasteiger partial charge in [0.05, 0.1) is 23.4 Å². The van der Waals surface area contributed by atoms with E-state index in [0.717, 1.165) is 54.2 Å². The molecule has 6 heteroatoms. The third-order valence-corrected chi connectivity index (χ3v) is 5.06. The molecule has 1 aromatic heterocycles. The Balaban J connectivity index is 1.70. The van der Waals surface area contributed by atoms with Crippen LogP contribution >= 0.6 is 11.3 Å². The molecule has 1 aliphatic heterocycles. The number of nitrogen functional groups attached to an aromatic ring is 1. The van der Waals surface area contributed by atoms with Crippen LogP contribution in [-0.4, -0.2) is 36.2 Å². The predicted octanol–water partition coefficient (Wildman–Crippen LogP) is 3.52. The summed E-state index contributed by atoms with van der Waals surface area (Å²) in [5.41, 5.74) is 9.54. The molecular formula is C18H18FN3OS. The van der Waals surface area contributed by atoms with Crippen molar-refractivity contribution in [2.75, 3.05) is 32.0 Å². The lowest BCUT2D eigenvalue weighted by atomic mass is 10.0. The molecule has 0 radical (unpaired) electrons. The van der Waals surface area contributed by atoms with Crippen molar-refractivity contribution in [2.24, 2.45) is 0 Å². The minimum absolute atomic E-state index is 0.264. The first-order chi connectivity index (χ1) is 11.7. The molecule has 2 N–H and O–H groups in total. The SMILES string of the molecule is Nc1nc2c(-c3cccc(CN4CCOCC4)c3)cc(F)cc2s1. The van der Waals surface area contributed by atoms with Crippen LogP contribution in [0.5, 0.6) is 0 Å². The summed E-state index contributed by atoms with van der Waals surface area (Å²) < 4.78 is 20.2. The van der Waals surface area contributed by atoms with Crippen LogP contribution in [-0.2, 0) is 11.3 Å². The van der Waals surface area contributed by atoms with Crippen molar-refractivity contribution in [1.82, 2.24) is 9.88 Å². The maximum atomic E-state index is 14.0. The Morgan fingerprint density at radius 1 is 1.21 bits per heavy atom. The zero-order chi connectivity index (χ0) is 16.5. The lowest BCUT2D eigenvalue weighted by molar-refractivity contribution is 0.0342. The number of anilines is 1. The molecule has 24 heavy (non-hydrogen) atoms. The number of benzene rings is 2. The average molecular weight is 343 g/mol. The first-order valence-electron chi connectivity index (χ1n) is 7.94. The van der Waals surface area contributed by atoms with Crippen molar-refractivity contribution in [2.45, 2.75) is 6.54 Å². The smallest absolute Gasteiger partial charge is 0.181 e. The van der Waals surface area contributed by atoms with Crippen molar-refractivity contribution in [3.63, 3.8) is 0 Å². The number of nitrogens with two attached hydrogens (primary N) is 1. The number of thiazole rings is 1. The molecule has 0 amide bonds. The minimum atomic E-state index is -0.264. The van der Waals surface area contributed by atoms with E-state index in [-0.39, 0.29) is 5.82 Å². The second kappa shape index (κ2) is 6.47. The van der Waals surface area contributed by atoms with Crippen LogP contribution in [0.1, 0.15) is 5.56 Å². The van der Waals surface area contributed by atoms with E-state index < -0.39 is 0 Å². The number of aromatic nitrogens is 1. The van der Waals surface area contributed by atoms with Crippen molar-refractivity contribution in [1.29, 1.82) is 0 Å². The summed E-state index contributed by atoms with van der Waals surface area (Å²) in [6.07, 6.45) is 0. The summed E-state index contributed by atoms with van der Waals surface area (Å²) in [7, 11) is 0. The van der Waals surface area contributed by atoms with Gasteiger partial charge in [-0.15, -0.1) is 0 Å². The highest BCUT2D eigenvalue weighted by molar-refractivity contribution is 7.22. The zero-order valence-electron chi connectivity index (χ0n) is 13.2. The molecule has 0 bridgehead atoms. The number of halogens is 1. The van der Waals surface area contributed by atoms with Gasteiger partial charge in [-0.25, -0.2) is 9.37 Å². The average Bonchev–Trinajstić information content (AvgIpc) is 2.95. The molecule has 1 fully saturated rings. The molecule has 3 aromatic rings. The monoisotopic (exact) mass is 343 g/mol. The Bertz CT molecular complexity index is 874. The third-order valence-electron chi connectivity index (χ3n) is 4.22. The first-order valence-corrected chi connectivity index (χ1v) is 8.76. The number of nitrogens with zero attached hydrogens (tertiary/aromatic N) is 2. The van der Waals surface area contributed by atoms with Gasteiger partial charge < -0.3 is 10.5 Å². The van der Waals surface area contributed by atoms with Crippen molar-refractivity contribution < 1.29 is 9.13 Å². The molecule has 1 aliphatic rings. The fourth-order valence-electron chi connectivity index (χ4n) is 3.09. The fraction of sp³-hybridized carbons (Fsp3) is 0.278. The summed E-state index contributed by atoms with van der Waals surface area (Å²) in [4.78, 5) is 6.74. The highest BCUT2D eigenvalue weighted by Gasteiger charge is 2.14. The van der Waals surface area contributed by atoms with Gasteiger partial charge in [-0.05, 0) is 29.3 Å². The number of fused-ring (bicyclic) bond motifs is 1. The van der Waals surface area contributed by atoms with E-state index in [9.17, 15) is 4.39 Å². The van der Waals surface area contributed by atoms with Gasteiger partial charge in [-0.3, -0.25) is 4.90 Å². The lowest BCUT2D eigenvalue weighted by Gasteiger charge is -2.26. The summed E-state index contributed by atoms with van der Waals surface area (Å²) in [5.74, 6) is -0.264. The molecule has 1 saturated heterocycles. The minimum Gasteiger partial charge on any atom is -0.379 e. The second-order valence-electron chi connectivity index (χ2n) is 5.94. The quantitative estimate of drug-likeness (QED) is 0.791. The topological polar surface area (TPSA) is 51.4 Å². The normalized spacial score (nSPS) is 15.9. The van der Waals surface area contributed by atoms with Crippen molar-refractivity contribution in [3.8, 4) is 11.1 Å².